The van der Waals surface area contributed by atoms with Crippen LogP contribution in [0.3, 0.4) is 0 Å². The number of allylic oxidation sites excluding steroid dienone is 1. The van der Waals surface area contributed by atoms with E-state index in [-0.39, 0.29) is 6.42 Å². The van der Waals surface area contributed by atoms with Crippen molar-refractivity contribution in [3.8, 4) is 11.5 Å². The van der Waals surface area contributed by atoms with Gasteiger partial charge in [0.1, 0.15) is 5.44 Å². The zero-order chi connectivity index (χ0) is 14.3. The minimum Gasteiger partial charge on any atom is -0.493 e. The molecule has 1 aromatic rings. The summed E-state index contributed by atoms with van der Waals surface area (Å²) in [5.74, 6) is 0.297. The summed E-state index contributed by atoms with van der Waals surface area (Å²) in [6.07, 6.45) is 2.91. The smallest absolute Gasteiger partial charge is 0.303 e. The number of rotatable bonds is 8. The second kappa shape index (κ2) is 7.74. The van der Waals surface area contributed by atoms with Crippen LogP contribution in [0.5, 0.6) is 11.5 Å². The lowest BCUT2D eigenvalue weighted by Crippen LogP contribution is -2.11. The molecule has 104 valence electrons. The van der Waals surface area contributed by atoms with Crippen molar-refractivity contribution < 1.29 is 19.4 Å². The molecule has 0 fully saturated rings. The van der Waals surface area contributed by atoms with Crippen LogP contribution in [0.2, 0.25) is 0 Å². The van der Waals surface area contributed by atoms with E-state index in [4.69, 9.17) is 14.6 Å². The monoisotopic (exact) mass is 282 g/mol. The molecule has 1 atom stereocenters. The van der Waals surface area contributed by atoms with Crippen LogP contribution in [0.15, 0.2) is 30.9 Å². The number of benzene rings is 1. The fourth-order valence-corrected chi connectivity index (χ4v) is 1.80. The molecule has 0 saturated carbocycles. The number of methoxy groups -OCH3 is 1. The van der Waals surface area contributed by atoms with Crippen LogP contribution in [0.4, 0.5) is 0 Å². The van der Waals surface area contributed by atoms with Crippen molar-refractivity contribution in [2.45, 2.75) is 24.7 Å². The number of hydrogen-bond donors (Lipinski definition) is 2. The normalized spacial score (nSPS) is 11.7. The van der Waals surface area contributed by atoms with Gasteiger partial charge in [-0.15, -0.1) is 19.2 Å². The third-order valence-electron chi connectivity index (χ3n) is 2.48. The van der Waals surface area contributed by atoms with E-state index in [2.05, 4.69) is 19.2 Å². The van der Waals surface area contributed by atoms with Gasteiger partial charge in [-0.3, -0.25) is 4.79 Å². The van der Waals surface area contributed by atoms with Crippen LogP contribution < -0.4 is 9.47 Å². The van der Waals surface area contributed by atoms with Crippen LogP contribution in [0, 0.1) is 0 Å². The van der Waals surface area contributed by atoms with E-state index in [1.807, 2.05) is 18.2 Å². The number of carboxylic acids is 1. The van der Waals surface area contributed by atoms with Gasteiger partial charge in [0.25, 0.3) is 0 Å². The number of carboxylic acid groups (broad SMARTS) is 1. The molecule has 1 aromatic carbocycles. The average molecular weight is 282 g/mol. The van der Waals surface area contributed by atoms with Crippen LogP contribution in [0.1, 0.15) is 18.4 Å². The van der Waals surface area contributed by atoms with E-state index in [9.17, 15) is 4.79 Å². The van der Waals surface area contributed by atoms with Crippen molar-refractivity contribution in [1.29, 1.82) is 0 Å². The third kappa shape index (κ3) is 5.26. The van der Waals surface area contributed by atoms with Crippen molar-refractivity contribution >= 4 is 18.6 Å². The van der Waals surface area contributed by atoms with Crippen molar-refractivity contribution in [2.75, 3.05) is 7.11 Å². The summed E-state index contributed by atoms with van der Waals surface area (Å²) in [7, 11) is 1.56. The maximum atomic E-state index is 10.5. The van der Waals surface area contributed by atoms with Gasteiger partial charge in [0.05, 0.1) is 7.11 Å². The molecule has 0 aliphatic heterocycles. The minimum atomic E-state index is -0.865. The maximum absolute atomic E-state index is 10.5. The Labute approximate surface area is 118 Å². The largest absolute Gasteiger partial charge is 0.493 e. The lowest BCUT2D eigenvalue weighted by atomic mass is 10.1. The molecule has 0 aliphatic carbocycles. The lowest BCUT2D eigenvalue weighted by Gasteiger charge is -2.16. The molecular weight excluding hydrogens is 264 g/mol. The SMILES string of the molecule is C=CCc1ccc(OC(S)CCC(=O)O)c(OC)c1. The molecule has 0 aliphatic rings. The zero-order valence-electron chi connectivity index (χ0n) is 10.8. The van der Waals surface area contributed by atoms with E-state index in [1.54, 1.807) is 13.2 Å². The van der Waals surface area contributed by atoms with Crippen LogP contribution in [-0.2, 0) is 11.2 Å². The first-order chi connectivity index (χ1) is 9.06. The molecule has 19 heavy (non-hydrogen) atoms. The first kappa shape index (κ1) is 15.4. The molecule has 4 nitrogen and oxygen atoms in total. The summed E-state index contributed by atoms with van der Waals surface area (Å²) in [6, 6.07) is 5.58. The second-order valence-corrected chi connectivity index (χ2v) is 4.56. The summed E-state index contributed by atoms with van der Waals surface area (Å²) < 4.78 is 10.8. The Hall–Kier alpha value is -1.62. The Kier molecular flexibility index (Phi) is 6.29. The highest BCUT2D eigenvalue weighted by Gasteiger charge is 2.11. The summed E-state index contributed by atoms with van der Waals surface area (Å²) in [5.41, 5.74) is 0.593. The van der Waals surface area contributed by atoms with E-state index in [1.165, 1.54) is 0 Å². The lowest BCUT2D eigenvalue weighted by molar-refractivity contribution is -0.137. The predicted molar refractivity (Wildman–Crippen MR) is 77.2 cm³/mol. The molecule has 1 N–H and O–H groups in total. The first-order valence-electron chi connectivity index (χ1n) is 5.91. The van der Waals surface area contributed by atoms with Gasteiger partial charge in [-0.25, -0.2) is 0 Å². The average Bonchev–Trinajstić information content (AvgIpc) is 2.38. The van der Waals surface area contributed by atoms with Gasteiger partial charge < -0.3 is 14.6 Å². The van der Waals surface area contributed by atoms with E-state index < -0.39 is 11.4 Å². The highest BCUT2D eigenvalue weighted by molar-refractivity contribution is 7.80. The molecule has 0 radical (unpaired) electrons. The third-order valence-corrected chi connectivity index (χ3v) is 2.84. The number of ether oxygens (including phenoxy) is 2. The Morgan fingerprint density at radius 2 is 2.26 bits per heavy atom. The van der Waals surface area contributed by atoms with Gasteiger partial charge in [0.15, 0.2) is 11.5 Å². The summed E-state index contributed by atoms with van der Waals surface area (Å²) >= 11 is 4.21. The fourth-order valence-electron chi connectivity index (χ4n) is 1.56. The van der Waals surface area contributed by atoms with Crippen molar-refractivity contribution in [1.82, 2.24) is 0 Å². The molecule has 0 heterocycles. The molecule has 0 bridgehead atoms. The quantitative estimate of drug-likeness (QED) is 0.437. The van der Waals surface area contributed by atoms with Crippen LogP contribution in [-0.4, -0.2) is 23.6 Å². The van der Waals surface area contributed by atoms with Crippen molar-refractivity contribution in [3.63, 3.8) is 0 Å². The van der Waals surface area contributed by atoms with Gasteiger partial charge >= 0.3 is 5.97 Å². The molecule has 0 amide bonds. The molecule has 0 spiro atoms. The van der Waals surface area contributed by atoms with Crippen molar-refractivity contribution in [2.24, 2.45) is 0 Å². The first-order valence-corrected chi connectivity index (χ1v) is 6.42. The Morgan fingerprint density at radius 1 is 1.53 bits per heavy atom. The molecule has 0 aromatic heterocycles. The van der Waals surface area contributed by atoms with E-state index >= 15 is 0 Å². The topological polar surface area (TPSA) is 55.8 Å². The summed E-state index contributed by atoms with van der Waals surface area (Å²) in [4.78, 5) is 10.5. The van der Waals surface area contributed by atoms with E-state index in [0.717, 1.165) is 12.0 Å². The van der Waals surface area contributed by atoms with Gasteiger partial charge in [0.2, 0.25) is 0 Å². The van der Waals surface area contributed by atoms with Gasteiger partial charge in [-0.1, -0.05) is 12.1 Å². The molecule has 5 heteroatoms. The van der Waals surface area contributed by atoms with E-state index in [0.29, 0.717) is 17.9 Å². The van der Waals surface area contributed by atoms with Crippen LogP contribution >= 0.6 is 12.6 Å². The highest BCUT2D eigenvalue weighted by Crippen LogP contribution is 2.30. The number of aliphatic carboxylic acids is 1. The van der Waals surface area contributed by atoms with Gasteiger partial charge in [-0.2, -0.15) is 0 Å². The number of carbonyl (C=O) groups is 1. The fraction of sp³-hybridized carbons (Fsp3) is 0.357. The second-order valence-electron chi connectivity index (χ2n) is 3.98. The molecule has 0 saturated heterocycles. The minimum absolute atomic E-state index is 0.0189. The highest BCUT2D eigenvalue weighted by atomic mass is 32.1. The standard InChI is InChI=1S/C14H18O4S/c1-3-4-10-5-6-11(12(9-10)17-2)18-14(19)8-7-13(15)16/h3,5-6,9,14,19H,1,4,7-8H2,2H3,(H,15,16). The zero-order valence-corrected chi connectivity index (χ0v) is 11.7. The van der Waals surface area contributed by atoms with Gasteiger partial charge in [0, 0.05) is 12.8 Å². The van der Waals surface area contributed by atoms with Crippen molar-refractivity contribution in [3.05, 3.63) is 36.4 Å². The predicted octanol–water partition coefficient (Wildman–Crippen LogP) is 2.92. The maximum Gasteiger partial charge on any atom is 0.303 e. The Morgan fingerprint density at radius 3 is 2.84 bits per heavy atom. The Balaban J connectivity index is 2.71. The number of hydrogen-bond acceptors (Lipinski definition) is 4. The molecule has 1 unspecified atom stereocenters. The Bertz CT molecular complexity index is 445. The molecular formula is C14H18O4S. The van der Waals surface area contributed by atoms with Gasteiger partial charge in [-0.05, 0) is 24.1 Å². The number of thiol groups is 1. The molecule has 1 rings (SSSR count). The summed E-state index contributed by atoms with van der Waals surface area (Å²) in [6.45, 7) is 3.68. The van der Waals surface area contributed by atoms with Crippen LogP contribution in [0.25, 0.3) is 0 Å². The summed E-state index contributed by atoms with van der Waals surface area (Å²) in [5, 5.41) is 8.60.